The number of thiazole rings is 1. The molecule has 43 heavy (non-hydrogen) atoms. The molecular weight excluding hydrogens is 685 g/mol. The van der Waals surface area contributed by atoms with Crippen LogP contribution in [0.15, 0.2) is 72.4 Å². The van der Waals surface area contributed by atoms with Crippen LogP contribution in [0.25, 0.3) is 17.4 Å². The number of halogens is 3. The van der Waals surface area contributed by atoms with Crippen molar-refractivity contribution < 1.29 is 23.6 Å². The van der Waals surface area contributed by atoms with Gasteiger partial charge >= 0.3 is 5.97 Å². The van der Waals surface area contributed by atoms with Crippen molar-refractivity contribution in [2.45, 2.75) is 32.9 Å². The van der Waals surface area contributed by atoms with E-state index in [1.54, 1.807) is 57.2 Å². The van der Waals surface area contributed by atoms with E-state index in [-0.39, 0.29) is 25.8 Å². The Kier molecular flexibility index (Phi) is 8.66. The molecule has 222 valence electrons. The third kappa shape index (κ3) is 5.92. The highest BCUT2D eigenvalue weighted by atomic mass is 79.9. The number of carbonyl (C=O) groups is 1. The maximum Gasteiger partial charge on any atom is 0.338 e. The van der Waals surface area contributed by atoms with Gasteiger partial charge in [-0.05, 0) is 57.2 Å². The third-order valence-electron chi connectivity index (χ3n) is 6.47. The molecule has 1 aliphatic heterocycles. The minimum atomic E-state index is -0.884. The Hall–Kier alpha value is -3.71. The number of nitro benzene ring substituents is 1. The first kappa shape index (κ1) is 30.7. The van der Waals surface area contributed by atoms with Gasteiger partial charge in [0.25, 0.3) is 11.2 Å². The van der Waals surface area contributed by atoms with Crippen LogP contribution in [0.4, 0.5) is 5.69 Å². The van der Waals surface area contributed by atoms with Crippen molar-refractivity contribution in [3.05, 3.63) is 109 Å². The highest BCUT2D eigenvalue weighted by molar-refractivity contribution is 9.10. The Morgan fingerprint density at radius 3 is 2.63 bits per heavy atom. The number of hydrogen-bond acceptors (Lipinski definition) is 9. The molecule has 1 aliphatic rings. The van der Waals surface area contributed by atoms with Crippen LogP contribution in [-0.4, -0.2) is 28.7 Å². The number of ether oxygens (including phenoxy) is 2. The summed E-state index contributed by atoms with van der Waals surface area (Å²) in [7, 11) is 1.51. The monoisotopic (exact) mass is 705 g/mol. The standard InChI is InChI=1S/C29H22BrCl2N3O7S/c1-13(2)41-28(37)25-14(3)33-29-34(26(25)18-9-15(30)5-7-22(18)40-4)27(36)24(43-29)10-16-6-8-23(42-16)17-11-20(32)21(35(38)39)12-19(17)31/h5-13,26H,1-4H3/b24-10-/t26-/m1/s1. The highest BCUT2D eigenvalue weighted by Gasteiger charge is 2.35. The van der Waals surface area contributed by atoms with Crippen LogP contribution >= 0.6 is 50.5 Å². The summed E-state index contributed by atoms with van der Waals surface area (Å²) in [5.74, 6) is 0.498. The number of hydrogen-bond donors (Lipinski definition) is 0. The molecule has 10 nitrogen and oxygen atoms in total. The number of rotatable bonds is 7. The Balaban J connectivity index is 1.65. The van der Waals surface area contributed by atoms with E-state index >= 15 is 0 Å². The van der Waals surface area contributed by atoms with Crippen LogP contribution in [0.2, 0.25) is 10.0 Å². The summed E-state index contributed by atoms with van der Waals surface area (Å²) < 4.78 is 19.6. The van der Waals surface area contributed by atoms with Crippen molar-refractivity contribution in [1.82, 2.24) is 4.57 Å². The Bertz CT molecular complexity index is 2010. The van der Waals surface area contributed by atoms with Gasteiger partial charge in [0.15, 0.2) is 4.80 Å². The van der Waals surface area contributed by atoms with Crippen LogP contribution in [0.5, 0.6) is 5.75 Å². The molecule has 0 amide bonds. The molecule has 0 aliphatic carbocycles. The predicted octanol–water partition coefficient (Wildman–Crippen LogP) is 6.43. The van der Waals surface area contributed by atoms with Crippen molar-refractivity contribution in [3.8, 4) is 17.1 Å². The summed E-state index contributed by atoms with van der Waals surface area (Å²) in [5, 5.41) is 11.2. The minimum absolute atomic E-state index is 0.0793. The zero-order valence-electron chi connectivity index (χ0n) is 23.0. The van der Waals surface area contributed by atoms with Gasteiger partial charge in [-0.1, -0.05) is 50.5 Å². The summed E-state index contributed by atoms with van der Waals surface area (Å²) in [6.45, 7) is 5.18. The summed E-state index contributed by atoms with van der Waals surface area (Å²) in [6, 6.07) is 10.2. The fraction of sp³-hybridized carbons (Fsp3) is 0.207. The molecule has 0 unspecified atom stereocenters. The number of furan rings is 1. The first-order valence-corrected chi connectivity index (χ1v) is 15.1. The van der Waals surface area contributed by atoms with E-state index in [9.17, 15) is 19.7 Å². The molecule has 0 saturated heterocycles. The Labute approximate surface area is 266 Å². The van der Waals surface area contributed by atoms with Gasteiger partial charge < -0.3 is 13.9 Å². The van der Waals surface area contributed by atoms with Crippen molar-refractivity contribution in [3.63, 3.8) is 0 Å². The normalized spacial score (nSPS) is 15.0. The van der Waals surface area contributed by atoms with E-state index in [1.165, 1.54) is 17.7 Å². The van der Waals surface area contributed by atoms with E-state index in [2.05, 4.69) is 20.9 Å². The lowest BCUT2D eigenvalue weighted by molar-refractivity contribution is -0.384. The number of methoxy groups -OCH3 is 1. The topological polar surface area (TPSA) is 126 Å². The van der Waals surface area contributed by atoms with Crippen molar-refractivity contribution >= 4 is 68.2 Å². The molecule has 0 spiro atoms. The van der Waals surface area contributed by atoms with Gasteiger partial charge in [0.1, 0.15) is 28.3 Å². The van der Waals surface area contributed by atoms with Crippen LogP contribution in [0.1, 0.15) is 38.1 Å². The zero-order chi connectivity index (χ0) is 31.2. The summed E-state index contributed by atoms with van der Waals surface area (Å²) in [4.78, 5) is 42.9. The number of carbonyl (C=O) groups excluding carboxylic acids is 1. The summed E-state index contributed by atoms with van der Waals surface area (Å²) >= 11 is 17.0. The third-order valence-corrected chi connectivity index (χ3v) is 8.56. The summed E-state index contributed by atoms with van der Waals surface area (Å²) in [5.41, 5.74) is 0.812. The number of nitrogens with zero attached hydrogens (tertiary/aromatic N) is 3. The molecule has 2 aromatic heterocycles. The van der Waals surface area contributed by atoms with E-state index in [0.717, 1.165) is 21.9 Å². The van der Waals surface area contributed by atoms with Crippen molar-refractivity contribution in [1.29, 1.82) is 0 Å². The smallest absolute Gasteiger partial charge is 0.338 e. The Morgan fingerprint density at radius 1 is 1.21 bits per heavy atom. The largest absolute Gasteiger partial charge is 0.496 e. The van der Waals surface area contributed by atoms with E-state index in [4.69, 9.17) is 37.1 Å². The molecule has 14 heteroatoms. The lowest BCUT2D eigenvalue weighted by Gasteiger charge is -2.26. The second-order valence-electron chi connectivity index (χ2n) is 9.66. The molecule has 0 saturated carbocycles. The van der Waals surface area contributed by atoms with Crippen LogP contribution < -0.4 is 19.6 Å². The maximum absolute atomic E-state index is 14.0. The maximum atomic E-state index is 14.0. The molecule has 3 heterocycles. The number of esters is 1. The average molecular weight is 707 g/mol. The predicted molar refractivity (Wildman–Crippen MR) is 167 cm³/mol. The first-order chi connectivity index (χ1) is 20.4. The molecule has 1 atom stereocenters. The highest BCUT2D eigenvalue weighted by Crippen LogP contribution is 2.39. The van der Waals surface area contributed by atoms with Crippen LogP contribution in [-0.2, 0) is 9.53 Å². The first-order valence-electron chi connectivity index (χ1n) is 12.7. The van der Waals surface area contributed by atoms with Crippen molar-refractivity contribution in [2.75, 3.05) is 7.11 Å². The molecule has 0 N–H and O–H groups in total. The number of fused-ring (bicyclic) bond motifs is 1. The van der Waals surface area contributed by atoms with Gasteiger partial charge in [0, 0.05) is 27.7 Å². The SMILES string of the molecule is COc1ccc(Br)cc1[C@@H]1C(C(=O)OC(C)C)=C(C)N=c2s/c(=C\c3ccc(-c4cc(Cl)c([N+](=O)[O-])cc4Cl)o3)c(=O)n21. The quantitative estimate of drug-likeness (QED) is 0.123. The number of benzene rings is 2. The molecule has 0 fully saturated rings. The second kappa shape index (κ2) is 12.1. The second-order valence-corrected chi connectivity index (χ2v) is 12.4. The van der Waals surface area contributed by atoms with E-state index in [0.29, 0.717) is 38.9 Å². The zero-order valence-corrected chi connectivity index (χ0v) is 26.9. The van der Waals surface area contributed by atoms with E-state index < -0.39 is 28.6 Å². The van der Waals surface area contributed by atoms with E-state index in [1.807, 2.05) is 0 Å². The lowest BCUT2D eigenvalue weighted by atomic mass is 9.95. The van der Waals surface area contributed by atoms with Gasteiger partial charge in [-0.15, -0.1) is 0 Å². The van der Waals surface area contributed by atoms with Crippen molar-refractivity contribution in [2.24, 2.45) is 4.99 Å². The van der Waals surface area contributed by atoms with Gasteiger partial charge in [-0.2, -0.15) is 0 Å². The minimum Gasteiger partial charge on any atom is -0.496 e. The van der Waals surface area contributed by atoms with Crippen LogP contribution in [0.3, 0.4) is 0 Å². The average Bonchev–Trinajstić information content (AvgIpc) is 3.52. The molecule has 0 bridgehead atoms. The number of aromatic nitrogens is 1. The fourth-order valence-electron chi connectivity index (χ4n) is 4.64. The molecule has 4 aromatic rings. The van der Waals surface area contributed by atoms with Crippen LogP contribution in [0, 0.1) is 10.1 Å². The van der Waals surface area contributed by atoms with Gasteiger partial charge in [-0.25, -0.2) is 9.79 Å². The molecule has 5 rings (SSSR count). The van der Waals surface area contributed by atoms with Gasteiger partial charge in [0.2, 0.25) is 0 Å². The molecule has 0 radical (unpaired) electrons. The summed E-state index contributed by atoms with van der Waals surface area (Å²) in [6.07, 6.45) is 1.16. The Morgan fingerprint density at radius 2 is 1.95 bits per heavy atom. The van der Waals surface area contributed by atoms with Gasteiger partial charge in [-0.3, -0.25) is 19.5 Å². The molecule has 2 aromatic carbocycles. The molecular formula is C29H22BrCl2N3O7S. The lowest BCUT2D eigenvalue weighted by Crippen LogP contribution is -2.40. The fourth-order valence-corrected chi connectivity index (χ4v) is 6.53. The number of allylic oxidation sites excluding steroid dienone is 1. The van der Waals surface area contributed by atoms with Gasteiger partial charge in [0.05, 0.1) is 39.0 Å². The number of nitro groups is 1.